The molecule has 8 nitrogen and oxygen atoms in total. The van der Waals surface area contributed by atoms with E-state index in [9.17, 15) is 9.59 Å². The molecule has 0 aliphatic rings. The molecule has 0 saturated carbocycles. The van der Waals surface area contributed by atoms with Crippen molar-refractivity contribution < 1.29 is 9.21 Å². The number of carbonyl (C=O) groups is 1. The van der Waals surface area contributed by atoms with E-state index in [-0.39, 0.29) is 16.2 Å². The largest absolute Gasteiger partial charge is 0.423 e. The van der Waals surface area contributed by atoms with Gasteiger partial charge in [-0.25, -0.2) is 0 Å². The zero-order chi connectivity index (χ0) is 21.4. The fourth-order valence-electron chi connectivity index (χ4n) is 3.08. The molecule has 0 bridgehead atoms. The van der Waals surface area contributed by atoms with Crippen LogP contribution in [0.3, 0.4) is 0 Å². The number of oxazole rings is 1. The molecule has 152 valence electrons. The fraction of sp³-hybridized carbons (Fsp3) is 0.143. The quantitative estimate of drug-likeness (QED) is 0.377. The van der Waals surface area contributed by atoms with Crippen LogP contribution in [0.15, 0.2) is 58.3 Å². The van der Waals surface area contributed by atoms with Gasteiger partial charge in [-0.2, -0.15) is 4.98 Å². The van der Waals surface area contributed by atoms with Crippen LogP contribution < -0.4 is 15.8 Å². The predicted molar refractivity (Wildman–Crippen MR) is 120 cm³/mol. The third kappa shape index (κ3) is 3.50. The Morgan fingerprint density at radius 2 is 2.13 bits per heavy atom. The number of aromatic nitrogens is 3. The first-order valence-electron chi connectivity index (χ1n) is 9.14. The zero-order valence-corrected chi connectivity index (χ0v) is 17.2. The highest BCUT2D eigenvalue weighted by Crippen LogP contribution is 2.24. The molecule has 0 aliphatic heterocycles. The molecule has 2 aromatic carbocycles. The topological polar surface area (TPSA) is 96.2 Å². The summed E-state index contributed by atoms with van der Waals surface area (Å²) in [7, 11) is 3.68. The Hall–Kier alpha value is -3.72. The minimum atomic E-state index is -0.317. The first kappa shape index (κ1) is 19.6. The minimum Gasteiger partial charge on any atom is -0.423 e. The van der Waals surface area contributed by atoms with Crippen molar-refractivity contribution in [3.05, 3.63) is 69.7 Å². The number of rotatable bonds is 5. The second-order valence-electron chi connectivity index (χ2n) is 6.92. The molecule has 0 fully saturated rings. The average molecular weight is 421 g/mol. The third-order valence-electron chi connectivity index (χ3n) is 4.57. The molecular formula is C21H19N5O3S. The summed E-state index contributed by atoms with van der Waals surface area (Å²) >= 11 is 5.25. The van der Waals surface area contributed by atoms with Gasteiger partial charge < -0.3 is 19.6 Å². The van der Waals surface area contributed by atoms with Gasteiger partial charge in [0.15, 0.2) is 10.4 Å². The summed E-state index contributed by atoms with van der Waals surface area (Å²) in [6, 6.07) is 10.6. The van der Waals surface area contributed by atoms with Crippen LogP contribution in [-0.4, -0.2) is 34.5 Å². The highest BCUT2D eigenvalue weighted by atomic mass is 32.1. The van der Waals surface area contributed by atoms with Gasteiger partial charge in [0.2, 0.25) is 0 Å². The van der Waals surface area contributed by atoms with Crippen molar-refractivity contribution in [3.63, 3.8) is 0 Å². The first-order chi connectivity index (χ1) is 14.4. The van der Waals surface area contributed by atoms with Gasteiger partial charge in [-0.1, -0.05) is 6.08 Å². The van der Waals surface area contributed by atoms with E-state index >= 15 is 0 Å². The van der Waals surface area contributed by atoms with Gasteiger partial charge in [0.1, 0.15) is 5.52 Å². The van der Waals surface area contributed by atoms with Crippen molar-refractivity contribution in [1.82, 2.24) is 14.5 Å². The van der Waals surface area contributed by atoms with Crippen LogP contribution >= 0.6 is 12.2 Å². The number of hydrogen-bond donors (Lipinski definition) is 2. The van der Waals surface area contributed by atoms with Gasteiger partial charge in [0.05, 0.1) is 10.9 Å². The molecule has 1 amide bonds. The summed E-state index contributed by atoms with van der Waals surface area (Å²) in [4.78, 5) is 34.5. The molecule has 0 aliphatic carbocycles. The number of benzene rings is 2. The first-order valence-corrected chi connectivity index (χ1v) is 9.55. The summed E-state index contributed by atoms with van der Waals surface area (Å²) in [5.41, 5.74) is 2.52. The van der Waals surface area contributed by atoms with E-state index in [0.29, 0.717) is 45.8 Å². The number of anilines is 2. The maximum Gasteiger partial charge on any atom is 0.297 e. The van der Waals surface area contributed by atoms with Gasteiger partial charge in [-0.05, 0) is 48.6 Å². The van der Waals surface area contributed by atoms with Crippen molar-refractivity contribution in [2.45, 2.75) is 6.54 Å². The lowest BCUT2D eigenvalue weighted by Crippen LogP contribution is -2.22. The van der Waals surface area contributed by atoms with Crippen LogP contribution in [0.1, 0.15) is 10.4 Å². The molecule has 30 heavy (non-hydrogen) atoms. The van der Waals surface area contributed by atoms with E-state index in [1.165, 1.54) is 4.57 Å². The highest BCUT2D eigenvalue weighted by molar-refractivity contribution is 7.71. The number of nitrogens with zero attached hydrogens (tertiary/aromatic N) is 3. The van der Waals surface area contributed by atoms with E-state index in [0.717, 1.165) is 0 Å². The molecular weight excluding hydrogens is 402 g/mol. The molecule has 0 radical (unpaired) electrons. The number of fused-ring (bicyclic) bond motifs is 2. The number of hydrogen-bond acceptors (Lipinski definition) is 6. The summed E-state index contributed by atoms with van der Waals surface area (Å²) in [6.45, 7) is 3.95. The lowest BCUT2D eigenvalue weighted by molar-refractivity contribution is 0.102. The molecule has 2 aromatic heterocycles. The van der Waals surface area contributed by atoms with E-state index in [4.69, 9.17) is 16.6 Å². The number of allylic oxidation sites excluding steroid dienone is 1. The summed E-state index contributed by atoms with van der Waals surface area (Å²) < 4.78 is 7.31. The van der Waals surface area contributed by atoms with Gasteiger partial charge in [0.25, 0.3) is 17.5 Å². The van der Waals surface area contributed by atoms with Crippen molar-refractivity contribution in [2.75, 3.05) is 24.3 Å². The molecule has 2 heterocycles. The monoisotopic (exact) mass is 421 g/mol. The predicted octanol–water partition coefficient (Wildman–Crippen LogP) is 3.70. The van der Waals surface area contributed by atoms with Crippen LogP contribution in [0.25, 0.3) is 22.0 Å². The number of H-pyrrole nitrogens is 1. The molecule has 0 saturated heterocycles. The van der Waals surface area contributed by atoms with E-state index in [1.54, 1.807) is 47.4 Å². The van der Waals surface area contributed by atoms with Crippen LogP contribution in [0, 0.1) is 4.77 Å². The number of nitrogens with one attached hydrogen (secondary N) is 2. The summed E-state index contributed by atoms with van der Waals surface area (Å²) in [5, 5.41) is 3.29. The number of carbonyl (C=O) groups excluding carboxylic acids is 1. The van der Waals surface area contributed by atoms with Crippen molar-refractivity contribution in [3.8, 4) is 0 Å². The van der Waals surface area contributed by atoms with Gasteiger partial charge in [0, 0.05) is 31.9 Å². The zero-order valence-electron chi connectivity index (χ0n) is 16.4. The Bertz CT molecular complexity index is 1410. The third-order valence-corrected chi connectivity index (χ3v) is 4.89. The van der Waals surface area contributed by atoms with Gasteiger partial charge in [-0.15, -0.1) is 6.58 Å². The smallest absolute Gasteiger partial charge is 0.297 e. The molecule has 2 N–H and O–H groups in total. The summed E-state index contributed by atoms with van der Waals surface area (Å²) in [5.74, 6) is -0.317. The lowest BCUT2D eigenvalue weighted by Gasteiger charge is -2.08. The van der Waals surface area contributed by atoms with E-state index < -0.39 is 0 Å². The molecule has 4 aromatic rings. The Balaban J connectivity index is 1.65. The average Bonchev–Trinajstić information content (AvgIpc) is 3.14. The number of amides is 1. The van der Waals surface area contributed by atoms with E-state index in [1.807, 2.05) is 14.1 Å². The van der Waals surface area contributed by atoms with Crippen LogP contribution in [-0.2, 0) is 6.54 Å². The Kier molecular flexibility index (Phi) is 4.96. The van der Waals surface area contributed by atoms with Gasteiger partial charge in [-0.3, -0.25) is 14.2 Å². The molecule has 0 spiro atoms. The molecule has 4 rings (SSSR count). The lowest BCUT2D eigenvalue weighted by atomic mass is 10.1. The van der Waals surface area contributed by atoms with Crippen LogP contribution in [0.2, 0.25) is 0 Å². The molecule has 0 atom stereocenters. The summed E-state index contributed by atoms with van der Waals surface area (Å²) in [6.07, 6.45) is 1.60. The van der Waals surface area contributed by atoms with Crippen molar-refractivity contribution in [1.29, 1.82) is 0 Å². The highest BCUT2D eigenvalue weighted by Gasteiger charge is 2.12. The maximum atomic E-state index is 12.7. The second kappa shape index (κ2) is 7.60. The molecule has 9 heteroatoms. The van der Waals surface area contributed by atoms with E-state index in [2.05, 4.69) is 21.9 Å². The van der Waals surface area contributed by atoms with Crippen molar-refractivity contribution >= 4 is 51.8 Å². The Labute approximate surface area is 176 Å². The SMILES string of the molecule is C=CCn1c(=S)[nH]c2cc(C(=O)Nc3ccc4oc(N(C)C)nc4c3)ccc2c1=O. The van der Waals surface area contributed by atoms with Gasteiger partial charge >= 0.3 is 0 Å². The van der Waals surface area contributed by atoms with Crippen molar-refractivity contribution in [2.24, 2.45) is 0 Å². The van der Waals surface area contributed by atoms with Crippen LogP contribution in [0.4, 0.5) is 11.7 Å². The number of aromatic amines is 1. The van der Waals surface area contributed by atoms with Crippen LogP contribution in [0.5, 0.6) is 0 Å². The maximum absolute atomic E-state index is 12.7. The Morgan fingerprint density at radius 3 is 2.87 bits per heavy atom. The minimum absolute atomic E-state index is 0.228. The normalized spacial score (nSPS) is 11.0. The standard InChI is InChI=1S/C21H19N5O3S/c1-4-9-26-19(28)14-7-5-12(10-15(14)24-21(26)30)18(27)22-13-6-8-17-16(11-13)23-20(29-17)25(2)3/h4-8,10-11H,1,9H2,2-3H3,(H,22,27)(H,24,30). The second-order valence-corrected chi connectivity index (χ2v) is 7.31. The Morgan fingerprint density at radius 1 is 1.33 bits per heavy atom. The molecule has 0 unspecified atom stereocenters. The fourth-order valence-corrected chi connectivity index (χ4v) is 3.35.